The average Bonchev–Trinajstić information content (AvgIpc) is 2.49. The van der Waals surface area contributed by atoms with E-state index < -0.39 is 0 Å². The molecule has 0 bridgehead atoms. The number of piperidine rings is 1. The maximum Gasteiger partial charge on any atom is 0.224 e. The van der Waals surface area contributed by atoms with Crippen molar-refractivity contribution in [1.29, 1.82) is 0 Å². The molecule has 0 aromatic heterocycles. The van der Waals surface area contributed by atoms with Gasteiger partial charge in [0, 0.05) is 35.7 Å². The third-order valence-corrected chi connectivity index (χ3v) is 4.75. The first kappa shape index (κ1) is 16.3. The van der Waals surface area contributed by atoms with E-state index in [-0.39, 0.29) is 0 Å². The van der Waals surface area contributed by atoms with Crippen LogP contribution in [0.3, 0.4) is 0 Å². The quantitative estimate of drug-likeness (QED) is 0.854. The Hall–Kier alpha value is -1.03. The van der Waals surface area contributed by atoms with Crippen LogP contribution in [0.5, 0.6) is 0 Å². The molecule has 0 aliphatic carbocycles. The molecule has 3 nitrogen and oxygen atoms in total. The molecule has 1 aliphatic rings. The maximum absolute atomic E-state index is 12.4. The molecule has 1 atom stereocenters. The van der Waals surface area contributed by atoms with Gasteiger partial charge in [-0.2, -0.15) is 0 Å². The summed E-state index contributed by atoms with van der Waals surface area (Å²) >= 11 is 3.47. The summed E-state index contributed by atoms with van der Waals surface area (Å²) in [7, 11) is 0. The van der Waals surface area contributed by atoms with Crippen LogP contribution in [0.2, 0.25) is 0 Å². The lowest BCUT2D eigenvalue weighted by molar-refractivity contribution is -0.134. The average molecular weight is 353 g/mol. The van der Waals surface area contributed by atoms with Crippen LogP contribution in [0.4, 0.5) is 5.69 Å². The van der Waals surface area contributed by atoms with Gasteiger partial charge in [0.2, 0.25) is 5.91 Å². The molecule has 0 spiro atoms. The van der Waals surface area contributed by atoms with E-state index in [1.165, 1.54) is 18.4 Å². The van der Waals surface area contributed by atoms with Crippen molar-refractivity contribution < 1.29 is 4.79 Å². The van der Waals surface area contributed by atoms with E-state index in [0.29, 0.717) is 24.9 Å². The molecule has 1 aromatic rings. The van der Waals surface area contributed by atoms with Gasteiger partial charge in [0.05, 0.1) is 0 Å². The predicted molar refractivity (Wildman–Crippen MR) is 91.6 cm³/mol. The van der Waals surface area contributed by atoms with E-state index in [4.69, 9.17) is 0 Å². The standard InChI is InChI=1S/C17H25BrN2O/c1-3-15-6-4-5-11-20(15)17(21)9-10-19-16-8-7-14(18)12-13(16)2/h7-8,12,15,19H,3-6,9-11H2,1-2H3. The highest BCUT2D eigenvalue weighted by Gasteiger charge is 2.24. The number of carbonyl (C=O) groups is 1. The minimum atomic E-state index is 0.295. The molecular formula is C17H25BrN2O. The van der Waals surface area contributed by atoms with Gasteiger partial charge in [-0.15, -0.1) is 0 Å². The predicted octanol–water partition coefficient (Wildman–Crippen LogP) is 4.35. The molecule has 1 unspecified atom stereocenters. The van der Waals surface area contributed by atoms with Gasteiger partial charge < -0.3 is 10.2 Å². The van der Waals surface area contributed by atoms with Crippen LogP contribution in [0.15, 0.2) is 22.7 Å². The van der Waals surface area contributed by atoms with Crippen molar-refractivity contribution in [2.45, 2.75) is 52.0 Å². The van der Waals surface area contributed by atoms with E-state index in [1.807, 2.05) is 6.07 Å². The van der Waals surface area contributed by atoms with Crippen LogP contribution >= 0.6 is 15.9 Å². The van der Waals surface area contributed by atoms with E-state index in [2.05, 4.69) is 52.1 Å². The lowest BCUT2D eigenvalue weighted by atomic mass is 9.99. The van der Waals surface area contributed by atoms with Crippen molar-refractivity contribution in [1.82, 2.24) is 4.90 Å². The summed E-state index contributed by atoms with van der Waals surface area (Å²) < 4.78 is 1.08. The van der Waals surface area contributed by atoms with Crippen LogP contribution in [0.1, 0.15) is 44.6 Å². The Balaban J connectivity index is 1.83. The Morgan fingerprint density at radius 2 is 2.24 bits per heavy atom. The molecular weight excluding hydrogens is 328 g/mol. The second kappa shape index (κ2) is 7.83. The fourth-order valence-electron chi connectivity index (χ4n) is 3.03. The molecule has 21 heavy (non-hydrogen) atoms. The number of anilines is 1. The van der Waals surface area contributed by atoms with Gasteiger partial charge >= 0.3 is 0 Å². The van der Waals surface area contributed by atoms with Crippen LogP contribution in [-0.2, 0) is 4.79 Å². The normalized spacial score (nSPS) is 18.6. The van der Waals surface area contributed by atoms with Gasteiger partial charge in [0.15, 0.2) is 0 Å². The summed E-state index contributed by atoms with van der Waals surface area (Å²) in [6, 6.07) is 6.62. The molecule has 1 N–H and O–H groups in total. The van der Waals surface area contributed by atoms with Crippen molar-refractivity contribution in [3.05, 3.63) is 28.2 Å². The van der Waals surface area contributed by atoms with Crippen LogP contribution in [0.25, 0.3) is 0 Å². The molecule has 1 saturated heterocycles. The summed E-state index contributed by atoms with van der Waals surface area (Å²) in [5.74, 6) is 0.295. The Kier molecular flexibility index (Phi) is 6.09. The number of hydrogen-bond acceptors (Lipinski definition) is 2. The van der Waals surface area contributed by atoms with Crippen molar-refractivity contribution in [3.63, 3.8) is 0 Å². The van der Waals surface area contributed by atoms with Crippen molar-refractivity contribution in [3.8, 4) is 0 Å². The van der Waals surface area contributed by atoms with Gasteiger partial charge in [0.1, 0.15) is 0 Å². The molecule has 0 saturated carbocycles. The summed E-state index contributed by atoms with van der Waals surface area (Å²) in [5.41, 5.74) is 2.30. The molecule has 1 heterocycles. The number of rotatable bonds is 5. The van der Waals surface area contributed by atoms with E-state index in [1.54, 1.807) is 0 Å². The van der Waals surface area contributed by atoms with Gasteiger partial charge in [-0.25, -0.2) is 0 Å². The molecule has 1 aliphatic heterocycles. The molecule has 1 amide bonds. The summed E-state index contributed by atoms with van der Waals surface area (Å²) in [6.07, 6.45) is 5.23. The Morgan fingerprint density at radius 1 is 1.43 bits per heavy atom. The molecule has 4 heteroatoms. The van der Waals surface area contributed by atoms with Crippen LogP contribution < -0.4 is 5.32 Å². The van der Waals surface area contributed by atoms with E-state index in [9.17, 15) is 4.79 Å². The molecule has 116 valence electrons. The summed E-state index contributed by atoms with van der Waals surface area (Å²) in [5, 5.41) is 3.37. The minimum Gasteiger partial charge on any atom is -0.384 e. The monoisotopic (exact) mass is 352 g/mol. The number of benzene rings is 1. The third-order valence-electron chi connectivity index (χ3n) is 4.26. The van der Waals surface area contributed by atoms with Gasteiger partial charge in [-0.1, -0.05) is 22.9 Å². The number of amides is 1. The first-order chi connectivity index (χ1) is 10.1. The van der Waals surface area contributed by atoms with E-state index >= 15 is 0 Å². The number of nitrogens with one attached hydrogen (secondary N) is 1. The Bertz CT molecular complexity index is 490. The number of nitrogens with zero attached hydrogens (tertiary/aromatic N) is 1. The largest absolute Gasteiger partial charge is 0.384 e. The Morgan fingerprint density at radius 3 is 2.95 bits per heavy atom. The fourth-order valence-corrected chi connectivity index (χ4v) is 3.50. The topological polar surface area (TPSA) is 32.3 Å². The fraction of sp³-hybridized carbons (Fsp3) is 0.588. The van der Waals surface area contributed by atoms with Gasteiger partial charge in [0.25, 0.3) is 0 Å². The summed E-state index contributed by atoms with van der Waals surface area (Å²) in [6.45, 7) is 5.90. The highest BCUT2D eigenvalue weighted by Crippen LogP contribution is 2.21. The smallest absolute Gasteiger partial charge is 0.224 e. The second-order valence-electron chi connectivity index (χ2n) is 5.78. The minimum absolute atomic E-state index is 0.295. The number of hydrogen-bond donors (Lipinski definition) is 1. The highest BCUT2D eigenvalue weighted by atomic mass is 79.9. The van der Waals surface area contributed by atoms with Gasteiger partial charge in [-0.3, -0.25) is 4.79 Å². The Labute approximate surface area is 136 Å². The van der Waals surface area contributed by atoms with Crippen LogP contribution in [0, 0.1) is 6.92 Å². The highest BCUT2D eigenvalue weighted by molar-refractivity contribution is 9.10. The zero-order valence-electron chi connectivity index (χ0n) is 13.0. The zero-order chi connectivity index (χ0) is 15.2. The van der Waals surface area contributed by atoms with Gasteiger partial charge in [-0.05, 0) is 56.4 Å². The first-order valence-corrected chi connectivity index (χ1v) is 8.70. The SMILES string of the molecule is CCC1CCCCN1C(=O)CCNc1ccc(Br)cc1C. The number of aryl methyl sites for hydroxylation is 1. The maximum atomic E-state index is 12.4. The molecule has 2 rings (SSSR count). The number of carbonyl (C=O) groups excluding carboxylic acids is 1. The molecule has 0 radical (unpaired) electrons. The molecule has 1 aromatic carbocycles. The summed E-state index contributed by atoms with van der Waals surface area (Å²) in [4.78, 5) is 14.5. The van der Waals surface area contributed by atoms with Crippen molar-refractivity contribution in [2.75, 3.05) is 18.4 Å². The molecule has 1 fully saturated rings. The lowest BCUT2D eigenvalue weighted by Crippen LogP contribution is -2.43. The number of likely N-dealkylation sites (tertiary alicyclic amines) is 1. The van der Waals surface area contributed by atoms with Crippen molar-refractivity contribution >= 4 is 27.5 Å². The number of halogens is 1. The van der Waals surface area contributed by atoms with Crippen LogP contribution in [-0.4, -0.2) is 29.9 Å². The third kappa shape index (κ3) is 4.47. The first-order valence-electron chi connectivity index (χ1n) is 7.91. The van der Waals surface area contributed by atoms with E-state index in [0.717, 1.165) is 29.5 Å². The zero-order valence-corrected chi connectivity index (χ0v) is 14.6. The lowest BCUT2D eigenvalue weighted by Gasteiger charge is -2.35. The second-order valence-corrected chi connectivity index (χ2v) is 6.70. The van der Waals surface area contributed by atoms with Crippen molar-refractivity contribution in [2.24, 2.45) is 0 Å².